The van der Waals surface area contributed by atoms with Gasteiger partial charge in [-0.3, -0.25) is 9.59 Å². The lowest BCUT2D eigenvalue weighted by molar-refractivity contribution is -0.117. The minimum Gasteiger partial charge on any atom is -0.492 e. The van der Waals surface area contributed by atoms with E-state index in [-0.39, 0.29) is 17.3 Å². The Balaban J connectivity index is 2.13. The van der Waals surface area contributed by atoms with Crippen molar-refractivity contribution < 1.29 is 14.3 Å². The Labute approximate surface area is 151 Å². The fraction of sp³-hybridized carbons (Fsp3) is 0.700. The summed E-state index contributed by atoms with van der Waals surface area (Å²) in [7, 11) is 1.43. The zero-order valence-electron chi connectivity index (χ0n) is 15.5. The van der Waals surface area contributed by atoms with Crippen LogP contribution in [0, 0.1) is 0 Å². The summed E-state index contributed by atoms with van der Waals surface area (Å²) in [6, 6.07) is 0. The first kappa shape index (κ1) is 21.0. The van der Waals surface area contributed by atoms with Gasteiger partial charge in [0.05, 0.1) is 12.0 Å². The van der Waals surface area contributed by atoms with Crippen molar-refractivity contribution in [2.45, 2.75) is 78.1 Å². The molecule has 0 N–H and O–H groups in total. The van der Waals surface area contributed by atoms with Crippen LogP contribution in [0.3, 0.4) is 0 Å². The highest BCUT2D eigenvalue weighted by Crippen LogP contribution is 2.29. The summed E-state index contributed by atoms with van der Waals surface area (Å²) in [5.74, 6) is 0.791. The molecule has 1 aliphatic carbocycles. The van der Waals surface area contributed by atoms with Crippen LogP contribution >= 0.6 is 11.8 Å². The molecule has 0 amide bonds. The molecule has 0 aliphatic heterocycles. The molecule has 0 aromatic rings. The van der Waals surface area contributed by atoms with Crippen molar-refractivity contribution in [3.05, 3.63) is 22.3 Å². The predicted octanol–water partition coefficient (Wildman–Crippen LogP) is 5.60. The number of ether oxygens (including phenoxy) is 1. The molecule has 4 heteroatoms. The quantitative estimate of drug-likeness (QED) is 0.320. The second kappa shape index (κ2) is 12.3. The van der Waals surface area contributed by atoms with E-state index in [1.54, 1.807) is 6.92 Å². The highest BCUT2D eigenvalue weighted by molar-refractivity contribution is 8.04. The van der Waals surface area contributed by atoms with Crippen molar-refractivity contribution in [2.24, 2.45) is 0 Å². The molecule has 24 heavy (non-hydrogen) atoms. The molecular weight excluding hydrogens is 320 g/mol. The molecule has 1 rings (SSSR count). The number of rotatable bonds is 13. The van der Waals surface area contributed by atoms with Gasteiger partial charge in [-0.1, -0.05) is 64.7 Å². The number of allylic oxidation sites excluding steroid dienone is 3. The van der Waals surface area contributed by atoms with Gasteiger partial charge in [0.25, 0.3) is 0 Å². The maximum absolute atomic E-state index is 12.2. The first-order valence-corrected chi connectivity index (χ1v) is 10.3. The van der Waals surface area contributed by atoms with Crippen molar-refractivity contribution >= 4 is 23.3 Å². The van der Waals surface area contributed by atoms with Crippen molar-refractivity contribution in [3.8, 4) is 0 Å². The molecule has 0 atom stereocenters. The summed E-state index contributed by atoms with van der Waals surface area (Å²) < 4.78 is 5.00. The van der Waals surface area contributed by atoms with Gasteiger partial charge >= 0.3 is 0 Å². The molecule has 0 aromatic heterocycles. The Morgan fingerprint density at radius 3 is 2.00 bits per heavy atom. The third kappa shape index (κ3) is 7.25. The highest BCUT2D eigenvalue weighted by atomic mass is 32.2. The lowest BCUT2D eigenvalue weighted by atomic mass is 10.0. The van der Waals surface area contributed by atoms with Crippen molar-refractivity contribution in [3.63, 3.8) is 0 Å². The number of hydrogen-bond donors (Lipinski definition) is 0. The first-order chi connectivity index (χ1) is 11.6. The van der Waals surface area contributed by atoms with Gasteiger partial charge in [0.2, 0.25) is 5.78 Å². The van der Waals surface area contributed by atoms with Gasteiger partial charge in [-0.25, -0.2) is 0 Å². The molecule has 0 radical (unpaired) electrons. The Morgan fingerprint density at radius 1 is 0.917 bits per heavy atom. The summed E-state index contributed by atoms with van der Waals surface area (Å²) in [4.78, 5) is 24.6. The SMILES string of the molecule is CCCCCCCCCCCCSC1=C(C)C(=O)C=C(OC)C1=O. The van der Waals surface area contributed by atoms with E-state index < -0.39 is 0 Å². The number of unbranched alkanes of at least 4 members (excludes halogenated alkanes) is 9. The van der Waals surface area contributed by atoms with E-state index in [9.17, 15) is 9.59 Å². The summed E-state index contributed by atoms with van der Waals surface area (Å²) in [6.07, 6.45) is 14.3. The van der Waals surface area contributed by atoms with Gasteiger partial charge in [-0.2, -0.15) is 0 Å². The number of ketones is 2. The molecule has 136 valence electrons. The molecule has 0 spiro atoms. The fourth-order valence-electron chi connectivity index (χ4n) is 2.78. The minimum atomic E-state index is -0.147. The van der Waals surface area contributed by atoms with E-state index in [2.05, 4.69) is 6.92 Å². The molecule has 0 unspecified atom stereocenters. The van der Waals surface area contributed by atoms with Crippen LogP contribution in [0.2, 0.25) is 0 Å². The number of carbonyl (C=O) groups excluding carboxylic acids is 2. The third-order valence-electron chi connectivity index (χ3n) is 4.37. The normalized spacial score (nSPS) is 15.0. The van der Waals surface area contributed by atoms with Crippen LogP contribution in [0.15, 0.2) is 22.3 Å². The Kier molecular flexibility index (Phi) is 10.8. The van der Waals surface area contributed by atoms with Crippen LogP contribution < -0.4 is 0 Å². The van der Waals surface area contributed by atoms with Crippen LogP contribution in [0.25, 0.3) is 0 Å². The molecule has 0 heterocycles. The van der Waals surface area contributed by atoms with Crippen LogP contribution in [-0.2, 0) is 14.3 Å². The Bertz CT molecular complexity index is 477. The summed E-state index contributed by atoms with van der Waals surface area (Å²) >= 11 is 1.50. The lowest BCUT2D eigenvalue weighted by Gasteiger charge is -2.15. The van der Waals surface area contributed by atoms with Crippen molar-refractivity contribution in [1.82, 2.24) is 0 Å². The predicted molar refractivity (Wildman–Crippen MR) is 102 cm³/mol. The van der Waals surface area contributed by atoms with E-state index in [1.165, 1.54) is 82.7 Å². The zero-order valence-corrected chi connectivity index (χ0v) is 16.3. The number of Topliss-reactive ketones (excluding diaryl/α,β-unsaturated/α-hetero) is 1. The summed E-state index contributed by atoms with van der Waals surface area (Å²) in [6.45, 7) is 3.97. The summed E-state index contributed by atoms with van der Waals surface area (Å²) in [5, 5.41) is 0. The summed E-state index contributed by atoms with van der Waals surface area (Å²) in [5.41, 5.74) is 0.554. The number of carbonyl (C=O) groups is 2. The van der Waals surface area contributed by atoms with Crippen LogP contribution in [0.1, 0.15) is 78.1 Å². The Hall–Kier alpha value is -1.03. The number of hydrogen-bond acceptors (Lipinski definition) is 4. The van der Waals surface area contributed by atoms with Gasteiger partial charge in [0.15, 0.2) is 11.5 Å². The Morgan fingerprint density at radius 2 is 1.46 bits per heavy atom. The lowest BCUT2D eigenvalue weighted by Crippen LogP contribution is -2.17. The number of methoxy groups -OCH3 is 1. The van der Waals surface area contributed by atoms with Crippen LogP contribution in [0.5, 0.6) is 0 Å². The average Bonchev–Trinajstić information content (AvgIpc) is 2.58. The third-order valence-corrected chi connectivity index (χ3v) is 5.64. The van der Waals surface area contributed by atoms with Gasteiger partial charge in [-0.15, -0.1) is 11.8 Å². The molecule has 0 bridgehead atoms. The van der Waals surface area contributed by atoms with Crippen molar-refractivity contribution in [1.29, 1.82) is 0 Å². The topological polar surface area (TPSA) is 43.4 Å². The molecule has 0 saturated carbocycles. The van der Waals surface area contributed by atoms with E-state index in [0.29, 0.717) is 10.5 Å². The van der Waals surface area contributed by atoms with Gasteiger partial charge in [0, 0.05) is 11.6 Å². The van der Waals surface area contributed by atoms with Gasteiger partial charge < -0.3 is 4.74 Å². The largest absolute Gasteiger partial charge is 0.492 e. The van der Waals surface area contributed by atoms with Crippen LogP contribution in [0.4, 0.5) is 0 Å². The van der Waals surface area contributed by atoms with Crippen LogP contribution in [-0.4, -0.2) is 24.4 Å². The van der Waals surface area contributed by atoms with Gasteiger partial charge in [0.1, 0.15) is 0 Å². The van der Waals surface area contributed by atoms with Crippen molar-refractivity contribution in [2.75, 3.05) is 12.9 Å². The standard InChI is InChI=1S/C20H32O3S/c1-4-5-6-7-8-9-10-11-12-13-14-24-20-16(2)17(21)15-18(23-3)19(20)22/h15H,4-14H2,1-3H3. The monoisotopic (exact) mass is 352 g/mol. The first-order valence-electron chi connectivity index (χ1n) is 9.30. The average molecular weight is 353 g/mol. The van der Waals surface area contributed by atoms with E-state index >= 15 is 0 Å². The van der Waals surface area contributed by atoms with E-state index in [0.717, 1.165) is 12.2 Å². The molecule has 0 saturated heterocycles. The second-order valence-electron chi connectivity index (χ2n) is 6.39. The van der Waals surface area contributed by atoms with E-state index in [4.69, 9.17) is 4.74 Å². The van der Waals surface area contributed by atoms with Gasteiger partial charge in [-0.05, 0) is 19.1 Å². The highest BCUT2D eigenvalue weighted by Gasteiger charge is 2.26. The molecule has 0 aromatic carbocycles. The maximum Gasteiger partial charge on any atom is 0.234 e. The number of thioether (sulfide) groups is 1. The zero-order chi connectivity index (χ0) is 17.8. The molecule has 1 aliphatic rings. The second-order valence-corrected chi connectivity index (χ2v) is 7.50. The molecular formula is C20H32O3S. The van der Waals surface area contributed by atoms with E-state index in [1.807, 2.05) is 0 Å². The minimum absolute atomic E-state index is 0.114. The molecule has 0 fully saturated rings. The fourth-order valence-corrected chi connectivity index (χ4v) is 3.88. The maximum atomic E-state index is 12.2. The molecule has 3 nitrogen and oxygen atoms in total. The smallest absolute Gasteiger partial charge is 0.234 e.